The fourth-order valence-corrected chi connectivity index (χ4v) is 1.94. The molecule has 0 bridgehead atoms. The molecule has 1 heterocycles. The van der Waals surface area contributed by atoms with Gasteiger partial charge in [-0.2, -0.15) is 0 Å². The van der Waals surface area contributed by atoms with Crippen molar-refractivity contribution in [3.8, 4) is 0 Å². The third kappa shape index (κ3) is 3.52. The monoisotopic (exact) mass is 310 g/mol. The Morgan fingerprint density at radius 3 is 2.30 bits per heavy atom. The number of nitrogens with zero attached hydrogens (tertiary/aromatic N) is 2. The van der Waals surface area contributed by atoms with Crippen molar-refractivity contribution >= 4 is 40.5 Å². The van der Waals surface area contributed by atoms with Crippen LogP contribution in [-0.4, -0.2) is 17.0 Å². The molecule has 2 aromatic rings. The second kappa shape index (κ2) is 6.29. The topological polar surface area (TPSA) is 49.8 Å². The Bertz CT molecular complexity index is 614. The van der Waals surface area contributed by atoms with Crippen LogP contribution < -0.4 is 10.6 Å². The smallest absolute Gasteiger partial charge is 0.136 e. The van der Waals surface area contributed by atoms with E-state index in [9.17, 15) is 0 Å². The van der Waals surface area contributed by atoms with E-state index in [-0.39, 0.29) is 5.92 Å². The number of aromatic nitrogens is 2. The largest absolute Gasteiger partial charge is 0.373 e. The molecule has 1 aromatic carbocycles. The molecule has 2 rings (SSSR count). The van der Waals surface area contributed by atoms with Gasteiger partial charge in [0.05, 0.1) is 10.0 Å². The van der Waals surface area contributed by atoms with E-state index < -0.39 is 0 Å². The van der Waals surface area contributed by atoms with E-state index in [1.807, 2.05) is 19.2 Å². The van der Waals surface area contributed by atoms with Crippen molar-refractivity contribution in [1.29, 1.82) is 0 Å². The Balaban J connectivity index is 2.32. The molecular formula is C14H16Cl2N4. The first-order valence-electron chi connectivity index (χ1n) is 6.28. The minimum absolute atomic E-state index is 0.248. The molecule has 4 nitrogen and oxygen atoms in total. The molecule has 0 saturated carbocycles. The maximum absolute atomic E-state index is 6.00. The summed E-state index contributed by atoms with van der Waals surface area (Å²) in [6, 6.07) is 7.20. The van der Waals surface area contributed by atoms with Crippen molar-refractivity contribution in [2.24, 2.45) is 0 Å². The molecule has 106 valence electrons. The van der Waals surface area contributed by atoms with E-state index >= 15 is 0 Å². The van der Waals surface area contributed by atoms with Crippen LogP contribution in [0, 0.1) is 0 Å². The summed E-state index contributed by atoms with van der Waals surface area (Å²) in [6.07, 6.45) is 0. The van der Waals surface area contributed by atoms with Crippen molar-refractivity contribution in [1.82, 2.24) is 9.97 Å². The molecule has 0 atom stereocenters. The van der Waals surface area contributed by atoms with Gasteiger partial charge in [-0.15, -0.1) is 0 Å². The molecule has 0 spiro atoms. The molecule has 0 aliphatic carbocycles. The van der Waals surface area contributed by atoms with Crippen LogP contribution in [0.25, 0.3) is 0 Å². The van der Waals surface area contributed by atoms with Gasteiger partial charge in [-0.05, 0) is 18.2 Å². The summed E-state index contributed by atoms with van der Waals surface area (Å²) in [5.74, 6) is 2.51. The minimum atomic E-state index is 0.248. The quantitative estimate of drug-likeness (QED) is 0.860. The highest BCUT2D eigenvalue weighted by Crippen LogP contribution is 2.27. The van der Waals surface area contributed by atoms with Gasteiger partial charge in [0.25, 0.3) is 0 Å². The van der Waals surface area contributed by atoms with Crippen molar-refractivity contribution < 1.29 is 0 Å². The van der Waals surface area contributed by atoms with Gasteiger partial charge in [-0.25, -0.2) is 9.97 Å². The summed E-state index contributed by atoms with van der Waals surface area (Å²) in [5.41, 5.74) is 0.829. The Morgan fingerprint density at radius 1 is 1.00 bits per heavy atom. The van der Waals surface area contributed by atoms with E-state index in [1.165, 1.54) is 0 Å². The summed E-state index contributed by atoms with van der Waals surface area (Å²) in [5, 5.41) is 7.27. The molecule has 6 heteroatoms. The Morgan fingerprint density at radius 2 is 1.70 bits per heavy atom. The van der Waals surface area contributed by atoms with Crippen LogP contribution in [0.15, 0.2) is 24.3 Å². The average Bonchev–Trinajstić information content (AvgIpc) is 2.42. The molecule has 0 radical (unpaired) electrons. The molecule has 2 N–H and O–H groups in total. The molecule has 0 unspecified atom stereocenters. The fraction of sp³-hybridized carbons (Fsp3) is 0.286. The predicted octanol–water partition coefficient (Wildman–Crippen LogP) is 4.69. The van der Waals surface area contributed by atoms with Crippen LogP contribution in [0.4, 0.5) is 17.3 Å². The molecule has 0 aliphatic rings. The number of hydrogen-bond acceptors (Lipinski definition) is 4. The van der Waals surface area contributed by atoms with Crippen molar-refractivity contribution in [3.63, 3.8) is 0 Å². The van der Waals surface area contributed by atoms with Crippen LogP contribution >= 0.6 is 23.2 Å². The third-order valence-electron chi connectivity index (χ3n) is 2.71. The van der Waals surface area contributed by atoms with Crippen LogP contribution in [0.3, 0.4) is 0 Å². The van der Waals surface area contributed by atoms with Gasteiger partial charge >= 0.3 is 0 Å². The number of nitrogens with one attached hydrogen (secondary N) is 2. The van der Waals surface area contributed by atoms with Gasteiger partial charge < -0.3 is 10.6 Å². The fourth-order valence-electron chi connectivity index (χ4n) is 1.64. The van der Waals surface area contributed by atoms with E-state index in [0.717, 1.165) is 17.3 Å². The van der Waals surface area contributed by atoms with Crippen molar-refractivity contribution in [3.05, 3.63) is 40.1 Å². The van der Waals surface area contributed by atoms with E-state index in [1.54, 1.807) is 12.1 Å². The van der Waals surface area contributed by atoms with E-state index in [4.69, 9.17) is 23.2 Å². The van der Waals surface area contributed by atoms with Crippen molar-refractivity contribution in [2.45, 2.75) is 19.8 Å². The third-order valence-corrected chi connectivity index (χ3v) is 3.45. The lowest BCUT2D eigenvalue weighted by molar-refractivity contribution is 0.778. The molecule has 20 heavy (non-hydrogen) atoms. The maximum atomic E-state index is 6.00. The van der Waals surface area contributed by atoms with Gasteiger partial charge in [0.2, 0.25) is 0 Å². The molecule has 0 saturated heterocycles. The number of hydrogen-bond donors (Lipinski definition) is 2. The Labute approximate surface area is 128 Å². The van der Waals surface area contributed by atoms with Gasteiger partial charge in [-0.3, -0.25) is 0 Å². The van der Waals surface area contributed by atoms with Gasteiger partial charge in [0.15, 0.2) is 0 Å². The number of benzene rings is 1. The second-order valence-corrected chi connectivity index (χ2v) is 5.47. The highest BCUT2D eigenvalue weighted by molar-refractivity contribution is 6.42. The number of anilines is 3. The summed E-state index contributed by atoms with van der Waals surface area (Å²) in [7, 11) is 1.83. The highest BCUT2D eigenvalue weighted by atomic mass is 35.5. The lowest BCUT2D eigenvalue weighted by Gasteiger charge is -2.12. The molecule has 1 aromatic heterocycles. The molecule has 0 amide bonds. The lowest BCUT2D eigenvalue weighted by atomic mass is 10.2. The number of rotatable bonds is 4. The Kier molecular flexibility index (Phi) is 4.68. The predicted molar refractivity (Wildman–Crippen MR) is 85.4 cm³/mol. The first-order valence-corrected chi connectivity index (χ1v) is 7.04. The van der Waals surface area contributed by atoms with E-state index in [2.05, 4.69) is 34.4 Å². The van der Waals surface area contributed by atoms with E-state index in [0.29, 0.717) is 15.9 Å². The zero-order chi connectivity index (χ0) is 14.7. The van der Waals surface area contributed by atoms with Crippen LogP contribution in [-0.2, 0) is 0 Å². The SMILES string of the molecule is CNc1cc(Nc2ccc(Cl)c(Cl)c2)nc(C(C)C)n1. The van der Waals surface area contributed by atoms with Gasteiger partial charge in [-0.1, -0.05) is 37.0 Å². The van der Waals surface area contributed by atoms with Crippen LogP contribution in [0.5, 0.6) is 0 Å². The molecule has 0 aliphatic heterocycles. The summed E-state index contributed by atoms with van der Waals surface area (Å²) < 4.78 is 0. The van der Waals surface area contributed by atoms with Crippen molar-refractivity contribution in [2.75, 3.05) is 17.7 Å². The first kappa shape index (κ1) is 14.9. The van der Waals surface area contributed by atoms with Crippen LogP contribution in [0.2, 0.25) is 10.0 Å². The Hall–Kier alpha value is -1.52. The van der Waals surface area contributed by atoms with Gasteiger partial charge in [0.1, 0.15) is 17.5 Å². The lowest BCUT2D eigenvalue weighted by Crippen LogP contribution is -2.05. The summed E-state index contributed by atoms with van der Waals surface area (Å²) >= 11 is 11.9. The minimum Gasteiger partial charge on any atom is -0.373 e. The van der Waals surface area contributed by atoms with Gasteiger partial charge in [0, 0.05) is 24.7 Å². The summed E-state index contributed by atoms with van der Waals surface area (Å²) in [4.78, 5) is 8.91. The highest BCUT2D eigenvalue weighted by Gasteiger charge is 2.08. The molecular weight excluding hydrogens is 295 g/mol. The molecule has 0 fully saturated rings. The zero-order valence-electron chi connectivity index (χ0n) is 11.5. The summed E-state index contributed by atoms with van der Waals surface area (Å²) in [6.45, 7) is 4.11. The maximum Gasteiger partial charge on any atom is 0.136 e. The first-order chi connectivity index (χ1) is 9.49. The number of halogens is 2. The average molecular weight is 311 g/mol. The normalized spacial score (nSPS) is 10.7. The zero-order valence-corrected chi connectivity index (χ0v) is 13.0. The van der Waals surface area contributed by atoms with Crippen LogP contribution in [0.1, 0.15) is 25.6 Å². The second-order valence-electron chi connectivity index (χ2n) is 4.66. The standard InChI is InChI=1S/C14H16Cl2N4/c1-8(2)14-19-12(17-3)7-13(20-14)18-9-4-5-10(15)11(16)6-9/h4-8H,1-3H3,(H2,17,18,19,20).